The van der Waals surface area contributed by atoms with Gasteiger partial charge < -0.3 is 15.4 Å². The SMILES string of the molecule is C[C@H]1C[C@@H](NC(=O)N[C@H](C)c2ccc(Br)cc2)CCO1. The molecule has 0 unspecified atom stereocenters. The summed E-state index contributed by atoms with van der Waals surface area (Å²) in [5.41, 5.74) is 1.09. The number of carbonyl (C=O) groups is 1. The van der Waals surface area contributed by atoms with E-state index in [9.17, 15) is 4.79 Å². The highest BCUT2D eigenvalue weighted by Gasteiger charge is 2.21. The van der Waals surface area contributed by atoms with Crippen LogP contribution < -0.4 is 10.6 Å². The molecule has 1 aliphatic rings. The highest BCUT2D eigenvalue weighted by Crippen LogP contribution is 2.17. The molecule has 0 bridgehead atoms. The predicted octanol–water partition coefficient (Wildman–Crippen LogP) is 3.38. The van der Waals surface area contributed by atoms with Crippen LogP contribution in [0.2, 0.25) is 0 Å². The summed E-state index contributed by atoms with van der Waals surface area (Å²) in [5.74, 6) is 0. The van der Waals surface area contributed by atoms with Gasteiger partial charge in [-0.15, -0.1) is 0 Å². The van der Waals surface area contributed by atoms with Gasteiger partial charge in [0.25, 0.3) is 0 Å². The molecule has 2 amide bonds. The molecule has 1 aromatic carbocycles. The third-order valence-corrected chi connectivity index (χ3v) is 4.07. The fourth-order valence-electron chi connectivity index (χ4n) is 2.39. The molecule has 0 aliphatic carbocycles. The van der Waals surface area contributed by atoms with Gasteiger partial charge in [-0.25, -0.2) is 4.79 Å². The summed E-state index contributed by atoms with van der Waals surface area (Å²) in [6.45, 7) is 4.74. The summed E-state index contributed by atoms with van der Waals surface area (Å²) < 4.78 is 6.51. The quantitative estimate of drug-likeness (QED) is 0.886. The summed E-state index contributed by atoms with van der Waals surface area (Å²) in [4.78, 5) is 12.0. The molecular formula is C15H21BrN2O2. The number of benzene rings is 1. The van der Waals surface area contributed by atoms with E-state index >= 15 is 0 Å². The Hall–Kier alpha value is -1.07. The van der Waals surface area contributed by atoms with E-state index in [1.54, 1.807) is 0 Å². The summed E-state index contributed by atoms with van der Waals surface area (Å²) in [6, 6.07) is 8.05. The second-order valence-electron chi connectivity index (χ2n) is 5.29. The Morgan fingerprint density at radius 1 is 1.40 bits per heavy atom. The van der Waals surface area contributed by atoms with Gasteiger partial charge in [-0.05, 0) is 44.4 Å². The highest BCUT2D eigenvalue weighted by atomic mass is 79.9. The van der Waals surface area contributed by atoms with Crippen LogP contribution in [-0.4, -0.2) is 24.8 Å². The van der Waals surface area contributed by atoms with Crippen molar-refractivity contribution in [2.45, 2.75) is 44.9 Å². The number of amides is 2. The predicted molar refractivity (Wildman–Crippen MR) is 82.7 cm³/mol. The van der Waals surface area contributed by atoms with Crippen molar-refractivity contribution in [3.8, 4) is 0 Å². The van der Waals surface area contributed by atoms with E-state index in [2.05, 4.69) is 26.6 Å². The van der Waals surface area contributed by atoms with Crippen LogP contribution in [0, 0.1) is 0 Å². The molecule has 2 N–H and O–H groups in total. The van der Waals surface area contributed by atoms with Crippen LogP contribution in [0.3, 0.4) is 0 Å². The van der Waals surface area contributed by atoms with Crippen molar-refractivity contribution in [3.63, 3.8) is 0 Å². The topological polar surface area (TPSA) is 50.4 Å². The summed E-state index contributed by atoms with van der Waals surface area (Å²) in [7, 11) is 0. The Morgan fingerprint density at radius 2 is 2.10 bits per heavy atom. The van der Waals surface area contributed by atoms with Crippen molar-refractivity contribution < 1.29 is 9.53 Å². The third kappa shape index (κ3) is 4.49. The van der Waals surface area contributed by atoms with Gasteiger partial charge in [-0.1, -0.05) is 28.1 Å². The van der Waals surface area contributed by atoms with Gasteiger partial charge in [0.15, 0.2) is 0 Å². The van der Waals surface area contributed by atoms with Gasteiger partial charge in [0.1, 0.15) is 0 Å². The largest absolute Gasteiger partial charge is 0.378 e. The van der Waals surface area contributed by atoms with E-state index in [0.29, 0.717) is 6.61 Å². The second-order valence-corrected chi connectivity index (χ2v) is 6.21. The molecular weight excluding hydrogens is 320 g/mol. The zero-order valence-electron chi connectivity index (χ0n) is 11.9. The Labute approximate surface area is 128 Å². The second kappa shape index (κ2) is 7.09. The molecule has 1 fully saturated rings. The molecule has 20 heavy (non-hydrogen) atoms. The van der Waals surface area contributed by atoms with Crippen LogP contribution >= 0.6 is 15.9 Å². The van der Waals surface area contributed by atoms with Crippen LogP contribution in [-0.2, 0) is 4.74 Å². The summed E-state index contributed by atoms with van der Waals surface area (Å²) in [5, 5.41) is 5.99. The van der Waals surface area contributed by atoms with Crippen molar-refractivity contribution in [2.75, 3.05) is 6.61 Å². The van der Waals surface area contributed by atoms with Crippen LogP contribution in [0.5, 0.6) is 0 Å². The molecule has 0 aromatic heterocycles. The van der Waals surface area contributed by atoms with E-state index in [0.717, 1.165) is 22.9 Å². The molecule has 2 rings (SSSR count). The van der Waals surface area contributed by atoms with Crippen molar-refractivity contribution in [1.82, 2.24) is 10.6 Å². The van der Waals surface area contributed by atoms with Crippen LogP contribution in [0.1, 0.15) is 38.3 Å². The number of carbonyl (C=O) groups excluding carboxylic acids is 1. The molecule has 0 saturated carbocycles. The lowest BCUT2D eigenvalue weighted by atomic mass is 10.0. The lowest BCUT2D eigenvalue weighted by Gasteiger charge is -2.28. The molecule has 1 aromatic rings. The maximum absolute atomic E-state index is 12.0. The van der Waals surface area contributed by atoms with Gasteiger partial charge >= 0.3 is 6.03 Å². The minimum atomic E-state index is -0.112. The smallest absolute Gasteiger partial charge is 0.315 e. The normalized spacial score (nSPS) is 23.9. The van der Waals surface area contributed by atoms with Gasteiger partial charge in [0.05, 0.1) is 12.1 Å². The minimum Gasteiger partial charge on any atom is -0.378 e. The first-order valence-corrected chi connectivity index (χ1v) is 7.78. The number of hydrogen-bond acceptors (Lipinski definition) is 2. The van der Waals surface area contributed by atoms with Gasteiger partial charge in [-0.2, -0.15) is 0 Å². The van der Waals surface area contributed by atoms with Crippen molar-refractivity contribution >= 4 is 22.0 Å². The molecule has 1 heterocycles. The standard InChI is InChI=1S/C15H21BrN2O2/c1-10-9-14(7-8-20-10)18-15(19)17-11(2)12-3-5-13(16)6-4-12/h3-6,10-11,14H,7-9H2,1-2H3,(H2,17,18,19)/t10-,11+,14-/m0/s1. The fraction of sp³-hybridized carbons (Fsp3) is 0.533. The molecule has 1 saturated heterocycles. The minimum absolute atomic E-state index is 0.0136. The average molecular weight is 341 g/mol. The highest BCUT2D eigenvalue weighted by molar-refractivity contribution is 9.10. The monoisotopic (exact) mass is 340 g/mol. The zero-order valence-corrected chi connectivity index (χ0v) is 13.4. The molecule has 0 spiro atoms. The Balaban J connectivity index is 1.83. The molecule has 1 aliphatic heterocycles. The van der Waals surface area contributed by atoms with Crippen LogP contribution in [0.25, 0.3) is 0 Å². The van der Waals surface area contributed by atoms with Gasteiger partial charge in [-0.3, -0.25) is 0 Å². The van der Waals surface area contributed by atoms with Crippen molar-refractivity contribution in [1.29, 1.82) is 0 Å². The summed E-state index contributed by atoms with van der Waals surface area (Å²) in [6.07, 6.45) is 1.97. The molecule has 3 atom stereocenters. The Morgan fingerprint density at radius 3 is 2.75 bits per heavy atom. The number of rotatable bonds is 3. The van der Waals surface area contributed by atoms with Crippen LogP contribution in [0.15, 0.2) is 28.7 Å². The Kier molecular flexibility index (Phi) is 5.43. The van der Waals surface area contributed by atoms with E-state index in [1.165, 1.54) is 0 Å². The van der Waals surface area contributed by atoms with E-state index in [4.69, 9.17) is 4.74 Å². The van der Waals surface area contributed by atoms with Crippen molar-refractivity contribution in [3.05, 3.63) is 34.3 Å². The van der Waals surface area contributed by atoms with Crippen LogP contribution in [0.4, 0.5) is 4.79 Å². The maximum atomic E-state index is 12.0. The van der Waals surface area contributed by atoms with Crippen molar-refractivity contribution in [2.24, 2.45) is 0 Å². The summed E-state index contributed by atoms with van der Waals surface area (Å²) >= 11 is 3.41. The lowest BCUT2D eigenvalue weighted by molar-refractivity contribution is 0.0153. The number of hydrogen-bond donors (Lipinski definition) is 2. The van der Waals surface area contributed by atoms with E-state index in [-0.39, 0.29) is 24.2 Å². The first-order valence-electron chi connectivity index (χ1n) is 6.98. The first kappa shape index (κ1) is 15.3. The lowest BCUT2D eigenvalue weighted by Crippen LogP contribution is -2.46. The number of urea groups is 1. The number of nitrogens with one attached hydrogen (secondary N) is 2. The Bertz CT molecular complexity index is 450. The molecule has 110 valence electrons. The molecule has 0 radical (unpaired) electrons. The van der Waals surface area contributed by atoms with E-state index < -0.39 is 0 Å². The number of halogens is 1. The molecule has 5 heteroatoms. The number of ether oxygens (including phenoxy) is 1. The van der Waals surface area contributed by atoms with Gasteiger partial charge in [0.2, 0.25) is 0 Å². The average Bonchev–Trinajstić information content (AvgIpc) is 2.39. The van der Waals surface area contributed by atoms with Gasteiger partial charge in [0, 0.05) is 17.1 Å². The molecule has 4 nitrogen and oxygen atoms in total. The fourth-order valence-corrected chi connectivity index (χ4v) is 2.65. The van der Waals surface area contributed by atoms with E-state index in [1.807, 2.05) is 38.1 Å². The maximum Gasteiger partial charge on any atom is 0.315 e. The zero-order chi connectivity index (χ0) is 14.5. The third-order valence-electron chi connectivity index (χ3n) is 3.54. The first-order chi connectivity index (χ1) is 9.54.